The third-order valence-electron chi connectivity index (χ3n) is 9.07. The number of hydrogen-bond acceptors (Lipinski definition) is 8. The predicted octanol–water partition coefficient (Wildman–Crippen LogP) is 2.45. The SMILES string of the molecule is CC[C@@]1(O)C(=O)OCC2=C1C=C1c3nc4cc(F)c(NC(=O)[C@H](C)NC(=O)[C@@H](N)C(C)C)c5c4c(c3CN1C2)CCC5. The summed E-state index contributed by atoms with van der Waals surface area (Å²) in [5.41, 5.74) is 10.6. The predicted molar refractivity (Wildman–Crippen MR) is 154 cm³/mol. The fraction of sp³-hybridized carbons (Fsp3) is 0.484. The summed E-state index contributed by atoms with van der Waals surface area (Å²) < 4.78 is 21.0. The monoisotopic (exact) mass is 577 g/mol. The van der Waals surface area contributed by atoms with Gasteiger partial charge in [0.25, 0.3) is 0 Å². The number of halogens is 1. The molecule has 5 N–H and O–H groups in total. The van der Waals surface area contributed by atoms with Crippen molar-refractivity contribution >= 4 is 40.1 Å². The quantitative estimate of drug-likeness (QED) is 0.383. The van der Waals surface area contributed by atoms with Gasteiger partial charge in [-0.15, -0.1) is 0 Å². The minimum Gasteiger partial charge on any atom is -0.459 e. The molecule has 1 aromatic heterocycles. The highest BCUT2D eigenvalue weighted by Crippen LogP contribution is 2.46. The van der Waals surface area contributed by atoms with Crippen LogP contribution in [0.5, 0.6) is 0 Å². The Hall–Kier alpha value is -3.83. The van der Waals surface area contributed by atoms with Crippen LogP contribution in [-0.2, 0) is 38.5 Å². The first-order valence-corrected chi connectivity index (χ1v) is 14.6. The van der Waals surface area contributed by atoms with Gasteiger partial charge in [0.1, 0.15) is 18.5 Å². The summed E-state index contributed by atoms with van der Waals surface area (Å²) in [6.45, 7) is 8.15. The number of benzene rings is 1. The molecule has 0 bridgehead atoms. The minimum absolute atomic E-state index is 0.0962. The molecule has 2 amide bonds. The number of hydrogen-bond donors (Lipinski definition) is 4. The van der Waals surface area contributed by atoms with E-state index in [-0.39, 0.29) is 24.6 Å². The molecule has 4 aliphatic rings. The number of nitrogens with zero attached hydrogens (tertiary/aromatic N) is 2. The van der Waals surface area contributed by atoms with Crippen LogP contribution in [0.2, 0.25) is 0 Å². The third kappa shape index (κ3) is 4.29. The van der Waals surface area contributed by atoms with Crippen molar-refractivity contribution in [2.45, 2.75) is 77.6 Å². The van der Waals surface area contributed by atoms with E-state index in [0.29, 0.717) is 36.2 Å². The molecule has 0 saturated carbocycles. The van der Waals surface area contributed by atoms with Gasteiger partial charge in [-0.25, -0.2) is 14.2 Å². The standard InChI is InChI=1S/C31H36FN5O5/c1-5-31(41)20-9-23-27-19(12-37(23)11-16(20)13-42-30(31)40)17-7-6-8-18-24(17)22(35-27)10-21(32)26(18)36-28(38)15(4)34-29(39)25(33)14(2)3/h9-10,14-15,25,41H,5-8,11-13,33H2,1-4H3,(H,34,39)(H,36,38)/t15-,25-,31-/m0/s1. The molecule has 222 valence electrons. The Labute approximate surface area is 243 Å². The van der Waals surface area contributed by atoms with Gasteiger partial charge in [-0.1, -0.05) is 20.8 Å². The van der Waals surface area contributed by atoms with Gasteiger partial charge < -0.3 is 31.1 Å². The maximum atomic E-state index is 15.7. The molecule has 0 radical (unpaired) electrons. The molecular formula is C31H36FN5O5. The van der Waals surface area contributed by atoms with Crippen LogP contribution in [-0.4, -0.2) is 63.6 Å². The van der Waals surface area contributed by atoms with E-state index in [1.165, 1.54) is 6.07 Å². The van der Waals surface area contributed by atoms with Crippen LogP contribution < -0.4 is 16.4 Å². The van der Waals surface area contributed by atoms with Crippen molar-refractivity contribution in [1.82, 2.24) is 15.2 Å². The maximum Gasteiger partial charge on any atom is 0.343 e. The minimum atomic E-state index is -1.70. The van der Waals surface area contributed by atoms with Crippen LogP contribution in [0.3, 0.4) is 0 Å². The smallest absolute Gasteiger partial charge is 0.343 e. The molecule has 11 heteroatoms. The van der Waals surface area contributed by atoms with Crippen molar-refractivity contribution < 1.29 is 28.6 Å². The van der Waals surface area contributed by atoms with Crippen molar-refractivity contribution in [1.29, 1.82) is 0 Å². The second-order valence-corrected chi connectivity index (χ2v) is 12.1. The molecule has 6 rings (SSSR count). The van der Waals surface area contributed by atoms with Crippen LogP contribution >= 0.6 is 0 Å². The summed E-state index contributed by atoms with van der Waals surface area (Å²) in [7, 11) is 0. The summed E-state index contributed by atoms with van der Waals surface area (Å²) in [6, 6.07) is -0.322. The number of aliphatic hydroxyl groups is 1. The summed E-state index contributed by atoms with van der Waals surface area (Å²) >= 11 is 0. The zero-order valence-corrected chi connectivity index (χ0v) is 24.3. The number of anilines is 1. The molecule has 3 atom stereocenters. The van der Waals surface area contributed by atoms with Gasteiger partial charge in [-0.05, 0) is 61.3 Å². The molecule has 42 heavy (non-hydrogen) atoms. The first kappa shape index (κ1) is 28.3. The van der Waals surface area contributed by atoms with Gasteiger partial charge in [0, 0.05) is 35.7 Å². The highest BCUT2D eigenvalue weighted by molar-refractivity contribution is 6.02. The average Bonchev–Trinajstić information content (AvgIpc) is 3.33. The molecule has 4 heterocycles. The first-order chi connectivity index (χ1) is 19.9. The van der Waals surface area contributed by atoms with Gasteiger partial charge in [-0.2, -0.15) is 0 Å². The number of aromatic nitrogens is 1. The zero-order chi connectivity index (χ0) is 30.1. The molecule has 1 aromatic carbocycles. The molecule has 3 aliphatic heterocycles. The van der Waals surface area contributed by atoms with E-state index in [1.54, 1.807) is 13.8 Å². The van der Waals surface area contributed by atoms with E-state index in [4.69, 9.17) is 15.5 Å². The van der Waals surface area contributed by atoms with Gasteiger partial charge >= 0.3 is 5.97 Å². The second kappa shape index (κ2) is 10.2. The number of aryl methyl sites for hydroxylation is 2. The van der Waals surface area contributed by atoms with Gasteiger partial charge in [0.2, 0.25) is 11.8 Å². The first-order valence-electron chi connectivity index (χ1n) is 14.6. The highest BCUT2D eigenvalue weighted by Gasteiger charge is 2.47. The lowest BCUT2D eigenvalue weighted by molar-refractivity contribution is -0.163. The average molecular weight is 578 g/mol. The van der Waals surface area contributed by atoms with E-state index in [9.17, 15) is 19.5 Å². The van der Waals surface area contributed by atoms with E-state index in [2.05, 4.69) is 15.5 Å². The fourth-order valence-corrected chi connectivity index (χ4v) is 6.52. The molecule has 0 spiro atoms. The number of amides is 2. The number of carbonyl (C=O) groups is 3. The van der Waals surface area contributed by atoms with E-state index >= 15 is 4.39 Å². The largest absolute Gasteiger partial charge is 0.459 e. The van der Waals surface area contributed by atoms with Crippen molar-refractivity contribution in [3.05, 3.63) is 51.5 Å². The number of nitrogens with two attached hydrogens (primary N) is 1. The summed E-state index contributed by atoms with van der Waals surface area (Å²) in [5.74, 6) is -2.32. The van der Waals surface area contributed by atoms with E-state index in [0.717, 1.165) is 46.3 Å². The Balaban J connectivity index is 1.37. The lowest BCUT2D eigenvalue weighted by Gasteiger charge is -2.37. The molecule has 0 saturated heterocycles. The van der Waals surface area contributed by atoms with Crippen molar-refractivity contribution in [3.63, 3.8) is 0 Å². The number of nitrogens with one attached hydrogen (secondary N) is 2. The number of rotatable bonds is 6. The second-order valence-electron chi connectivity index (χ2n) is 12.1. The Bertz CT molecular complexity index is 1610. The van der Waals surface area contributed by atoms with Crippen molar-refractivity contribution in [3.8, 4) is 0 Å². The van der Waals surface area contributed by atoms with Crippen LogP contribution in [0.1, 0.15) is 62.9 Å². The number of carbonyl (C=O) groups excluding carboxylic acids is 3. The third-order valence-corrected chi connectivity index (χ3v) is 9.07. The topological polar surface area (TPSA) is 147 Å². The number of ether oxygens (including phenoxy) is 1. The fourth-order valence-electron chi connectivity index (χ4n) is 6.52. The van der Waals surface area contributed by atoms with Crippen LogP contribution in [0, 0.1) is 11.7 Å². The number of esters is 1. The van der Waals surface area contributed by atoms with E-state index in [1.807, 2.05) is 19.9 Å². The maximum absolute atomic E-state index is 15.7. The Morgan fingerprint density at radius 2 is 1.93 bits per heavy atom. The molecule has 0 fully saturated rings. The van der Waals surface area contributed by atoms with Gasteiger partial charge in [-0.3, -0.25) is 9.59 Å². The lowest BCUT2D eigenvalue weighted by Crippen LogP contribution is -2.50. The Morgan fingerprint density at radius 1 is 1.19 bits per heavy atom. The van der Waals surface area contributed by atoms with Crippen LogP contribution in [0.4, 0.5) is 10.1 Å². The van der Waals surface area contributed by atoms with Crippen molar-refractivity contribution in [2.75, 3.05) is 18.5 Å². The summed E-state index contributed by atoms with van der Waals surface area (Å²) in [4.78, 5) is 45.0. The van der Waals surface area contributed by atoms with E-state index < -0.39 is 41.3 Å². The van der Waals surface area contributed by atoms with Gasteiger partial charge in [0.05, 0.1) is 28.6 Å². The van der Waals surface area contributed by atoms with Crippen LogP contribution in [0.15, 0.2) is 23.3 Å². The van der Waals surface area contributed by atoms with Crippen LogP contribution in [0.25, 0.3) is 16.6 Å². The summed E-state index contributed by atoms with van der Waals surface area (Å²) in [5, 5.41) is 17.4. The number of fused-ring (bicyclic) bond motifs is 4. The molecule has 1 aliphatic carbocycles. The molecular weight excluding hydrogens is 541 g/mol. The van der Waals surface area contributed by atoms with Crippen molar-refractivity contribution in [2.24, 2.45) is 11.7 Å². The summed E-state index contributed by atoms with van der Waals surface area (Å²) in [6.07, 6.45) is 4.15. The molecule has 2 aromatic rings. The number of pyridine rings is 1. The zero-order valence-electron chi connectivity index (χ0n) is 24.3. The molecule has 10 nitrogen and oxygen atoms in total. The Morgan fingerprint density at radius 3 is 2.64 bits per heavy atom. The normalized spacial score (nSPS) is 22.2. The van der Waals surface area contributed by atoms with Gasteiger partial charge in [0.15, 0.2) is 5.60 Å². The highest BCUT2D eigenvalue weighted by atomic mass is 19.1. The Kier molecular flexibility index (Phi) is 6.85. The number of cyclic esters (lactones) is 1. The lowest BCUT2D eigenvalue weighted by atomic mass is 9.83. The molecule has 0 unspecified atom stereocenters.